The van der Waals surface area contributed by atoms with Gasteiger partial charge in [-0.2, -0.15) is 0 Å². The Morgan fingerprint density at radius 1 is 1.31 bits per heavy atom. The monoisotopic (exact) mass is 227 g/mol. The second kappa shape index (κ2) is 6.61. The molecule has 1 fully saturated rings. The molecule has 1 aliphatic rings. The Morgan fingerprint density at radius 3 is 2.56 bits per heavy atom. The lowest BCUT2D eigenvalue weighted by atomic mass is 9.88. The SMILES string of the molecule is CCNC(CCCC(C)C)C1(C)CCCO1. The lowest BCUT2D eigenvalue weighted by Crippen LogP contribution is -2.48. The quantitative estimate of drug-likeness (QED) is 0.720. The summed E-state index contributed by atoms with van der Waals surface area (Å²) in [5.41, 5.74) is 0.0903. The molecule has 2 nitrogen and oxygen atoms in total. The van der Waals surface area contributed by atoms with Crippen molar-refractivity contribution in [2.75, 3.05) is 13.2 Å². The van der Waals surface area contributed by atoms with Crippen molar-refractivity contribution >= 4 is 0 Å². The van der Waals surface area contributed by atoms with Crippen LogP contribution in [-0.2, 0) is 4.74 Å². The lowest BCUT2D eigenvalue weighted by Gasteiger charge is -2.34. The smallest absolute Gasteiger partial charge is 0.0807 e. The summed E-state index contributed by atoms with van der Waals surface area (Å²) in [7, 11) is 0. The zero-order chi connectivity index (χ0) is 12.0. The van der Waals surface area contributed by atoms with Crippen LogP contribution < -0.4 is 5.32 Å². The fourth-order valence-corrected chi connectivity index (χ4v) is 2.68. The van der Waals surface area contributed by atoms with Crippen molar-refractivity contribution in [2.24, 2.45) is 5.92 Å². The van der Waals surface area contributed by atoms with Crippen molar-refractivity contribution in [3.63, 3.8) is 0 Å². The van der Waals surface area contributed by atoms with Crippen molar-refractivity contribution < 1.29 is 4.74 Å². The number of nitrogens with one attached hydrogen (secondary N) is 1. The first-order valence-corrected chi connectivity index (χ1v) is 6.96. The fraction of sp³-hybridized carbons (Fsp3) is 1.00. The van der Waals surface area contributed by atoms with Crippen LogP contribution in [0.15, 0.2) is 0 Å². The molecule has 96 valence electrons. The van der Waals surface area contributed by atoms with Crippen LogP contribution in [-0.4, -0.2) is 24.8 Å². The molecule has 0 aromatic carbocycles. The molecule has 1 N–H and O–H groups in total. The Labute approximate surface area is 101 Å². The molecule has 0 radical (unpaired) electrons. The van der Waals surface area contributed by atoms with E-state index >= 15 is 0 Å². The van der Waals surface area contributed by atoms with Gasteiger partial charge >= 0.3 is 0 Å². The molecule has 1 aliphatic heterocycles. The van der Waals surface area contributed by atoms with E-state index in [4.69, 9.17) is 4.74 Å². The van der Waals surface area contributed by atoms with Crippen LogP contribution in [0.4, 0.5) is 0 Å². The largest absolute Gasteiger partial charge is 0.374 e. The molecule has 2 atom stereocenters. The van der Waals surface area contributed by atoms with Crippen LogP contribution in [0.3, 0.4) is 0 Å². The lowest BCUT2D eigenvalue weighted by molar-refractivity contribution is -0.0142. The number of rotatable bonds is 7. The molecule has 1 heterocycles. The molecule has 1 rings (SSSR count). The van der Waals surface area contributed by atoms with Crippen molar-refractivity contribution in [1.29, 1.82) is 0 Å². The third kappa shape index (κ3) is 4.06. The van der Waals surface area contributed by atoms with E-state index in [0.29, 0.717) is 6.04 Å². The topological polar surface area (TPSA) is 21.3 Å². The van der Waals surface area contributed by atoms with E-state index in [0.717, 1.165) is 19.1 Å². The van der Waals surface area contributed by atoms with Crippen LogP contribution in [0, 0.1) is 5.92 Å². The van der Waals surface area contributed by atoms with Gasteiger partial charge in [0.25, 0.3) is 0 Å². The van der Waals surface area contributed by atoms with E-state index in [1.807, 2.05) is 0 Å². The molecule has 0 aromatic heterocycles. The van der Waals surface area contributed by atoms with Crippen LogP contribution in [0.1, 0.15) is 59.8 Å². The maximum absolute atomic E-state index is 5.95. The van der Waals surface area contributed by atoms with Gasteiger partial charge in [-0.3, -0.25) is 0 Å². The molecule has 2 heteroatoms. The average molecular weight is 227 g/mol. The van der Waals surface area contributed by atoms with Crippen LogP contribution in [0.25, 0.3) is 0 Å². The number of hydrogen-bond acceptors (Lipinski definition) is 2. The first kappa shape index (κ1) is 14.0. The van der Waals surface area contributed by atoms with Crippen molar-refractivity contribution in [2.45, 2.75) is 71.4 Å². The van der Waals surface area contributed by atoms with E-state index in [1.54, 1.807) is 0 Å². The third-order valence-electron chi connectivity index (χ3n) is 3.71. The minimum absolute atomic E-state index is 0.0903. The summed E-state index contributed by atoms with van der Waals surface area (Å²) in [6.07, 6.45) is 6.34. The zero-order valence-corrected chi connectivity index (χ0v) is 11.5. The average Bonchev–Trinajstić information content (AvgIpc) is 2.65. The number of hydrogen-bond donors (Lipinski definition) is 1. The standard InChI is InChI=1S/C14H29NO/c1-5-15-13(9-6-8-12(2)3)14(4)10-7-11-16-14/h12-13,15H,5-11H2,1-4H3. The molecule has 0 amide bonds. The molecular weight excluding hydrogens is 198 g/mol. The normalized spacial score (nSPS) is 27.6. The summed E-state index contributed by atoms with van der Waals surface area (Å²) in [5.74, 6) is 0.819. The molecule has 0 saturated carbocycles. The van der Waals surface area contributed by atoms with E-state index in [1.165, 1.54) is 32.1 Å². The molecule has 0 spiro atoms. The third-order valence-corrected chi connectivity index (χ3v) is 3.71. The van der Waals surface area contributed by atoms with E-state index < -0.39 is 0 Å². The van der Waals surface area contributed by atoms with Gasteiger partial charge in [-0.15, -0.1) is 0 Å². The van der Waals surface area contributed by atoms with Crippen LogP contribution in [0.2, 0.25) is 0 Å². The first-order valence-electron chi connectivity index (χ1n) is 6.96. The van der Waals surface area contributed by atoms with Gasteiger partial charge < -0.3 is 10.1 Å². The molecule has 0 aromatic rings. The Hall–Kier alpha value is -0.0800. The maximum Gasteiger partial charge on any atom is 0.0807 e. The Kier molecular flexibility index (Phi) is 5.77. The summed E-state index contributed by atoms with van der Waals surface area (Å²) in [6, 6.07) is 0.541. The van der Waals surface area contributed by atoms with E-state index in [9.17, 15) is 0 Å². The molecule has 2 unspecified atom stereocenters. The molecule has 0 aliphatic carbocycles. The zero-order valence-electron chi connectivity index (χ0n) is 11.5. The summed E-state index contributed by atoms with van der Waals surface area (Å²) >= 11 is 0. The van der Waals surface area contributed by atoms with E-state index in [2.05, 4.69) is 33.0 Å². The predicted molar refractivity (Wildman–Crippen MR) is 69.7 cm³/mol. The highest BCUT2D eigenvalue weighted by molar-refractivity contribution is 4.92. The van der Waals surface area contributed by atoms with Gasteiger partial charge in [0.1, 0.15) is 0 Å². The van der Waals surface area contributed by atoms with Gasteiger partial charge in [-0.05, 0) is 38.6 Å². The van der Waals surface area contributed by atoms with Crippen LogP contribution in [0.5, 0.6) is 0 Å². The van der Waals surface area contributed by atoms with Gasteiger partial charge in [-0.25, -0.2) is 0 Å². The summed E-state index contributed by atoms with van der Waals surface area (Å²) < 4.78 is 5.95. The summed E-state index contributed by atoms with van der Waals surface area (Å²) in [4.78, 5) is 0. The highest BCUT2D eigenvalue weighted by atomic mass is 16.5. The Bertz CT molecular complexity index is 185. The minimum atomic E-state index is 0.0903. The van der Waals surface area contributed by atoms with Gasteiger partial charge in [0.2, 0.25) is 0 Å². The minimum Gasteiger partial charge on any atom is -0.374 e. The van der Waals surface area contributed by atoms with Crippen molar-refractivity contribution in [3.05, 3.63) is 0 Å². The second-order valence-electron chi connectivity index (χ2n) is 5.70. The van der Waals surface area contributed by atoms with Gasteiger partial charge in [0, 0.05) is 12.6 Å². The highest BCUT2D eigenvalue weighted by Gasteiger charge is 2.37. The van der Waals surface area contributed by atoms with E-state index in [-0.39, 0.29) is 5.60 Å². The van der Waals surface area contributed by atoms with Gasteiger partial charge in [0.15, 0.2) is 0 Å². The predicted octanol–water partition coefficient (Wildman–Crippen LogP) is 3.36. The van der Waals surface area contributed by atoms with Gasteiger partial charge in [-0.1, -0.05) is 33.6 Å². The van der Waals surface area contributed by atoms with Gasteiger partial charge in [0.05, 0.1) is 5.60 Å². The van der Waals surface area contributed by atoms with Crippen molar-refractivity contribution in [1.82, 2.24) is 5.32 Å². The molecule has 1 saturated heterocycles. The Balaban J connectivity index is 2.40. The first-order chi connectivity index (χ1) is 7.58. The summed E-state index contributed by atoms with van der Waals surface area (Å²) in [6.45, 7) is 11.1. The highest BCUT2D eigenvalue weighted by Crippen LogP contribution is 2.31. The van der Waals surface area contributed by atoms with Crippen LogP contribution >= 0.6 is 0 Å². The number of likely N-dealkylation sites (N-methyl/N-ethyl adjacent to an activating group) is 1. The van der Waals surface area contributed by atoms with Crippen molar-refractivity contribution in [3.8, 4) is 0 Å². The molecular formula is C14H29NO. The number of ether oxygens (including phenoxy) is 1. The summed E-state index contributed by atoms with van der Waals surface area (Å²) in [5, 5.41) is 3.61. The maximum atomic E-state index is 5.95. The second-order valence-corrected chi connectivity index (χ2v) is 5.70. The molecule has 0 bridgehead atoms. The Morgan fingerprint density at radius 2 is 2.06 bits per heavy atom. The molecule has 16 heavy (non-hydrogen) atoms. The fourth-order valence-electron chi connectivity index (χ4n) is 2.68.